The zero-order valence-corrected chi connectivity index (χ0v) is 12.9. The molecule has 2 N–H and O–H groups in total. The Bertz CT molecular complexity index is 329. The van der Waals surface area contributed by atoms with E-state index in [2.05, 4.69) is 30.5 Å². The van der Waals surface area contributed by atoms with Gasteiger partial charge in [-0.15, -0.1) is 0 Å². The van der Waals surface area contributed by atoms with Gasteiger partial charge in [-0.05, 0) is 29.6 Å². The quantitative estimate of drug-likeness (QED) is 0.552. The van der Waals surface area contributed by atoms with E-state index in [0.717, 1.165) is 6.42 Å². The summed E-state index contributed by atoms with van der Waals surface area (Å²) in [4.78, 5) is 29.7. The summed E-state index contributed by atoms with van der Waals surface area (Å²) in [5.74, 6) is -1.63. The molecule has 1 unspecified atom stereocenters. The van der Waals surface area contributed by atoms with Gasteiger partial charge < -0.3 is 9.78 Å². The Balaban J connectivity index is 4.89. The van der Waals surface area contributed by atoms with Gasteiger partial charge in [-0.25, -0.2) is 9.59 Å². The fourth-order valence-electron chi connectivity index (χ4n) is 2.86. The van der Waals surface area contributed by atoms with Crippen molar-refractivity contribution in [3.8, 4) is 0 Å². The number of carbonyl (C=O) groups excluding carboxylic acids is 2. The molecule has 0 aliphatic heterocycles. The van der Waals surface area contributed by atoms with Gasteiger partial charge in [-0.2, -0.15) is 10.5 Å². The van der Waals surface area contributed by atoms with Crippen LogP contribution in [0.3, 0.4) is 0 Å². The molecule has 20 heavy (non-hydrogen) atoms. The van der Waals surface area contributed by atoms with Crippen LogP contribution in [0.15, 0.2) is 0 Å². The van der Waals surface area contributed by atoms with E-state index < -0.39 is 11.9 Å². The molecule has 0 radical (unpaired) electrons. The van der Waals surface area contributed by atoms with Gasteiger partial charge in [0.25, 0.3) is 0 Å². The minimum atomic E-state index is -0.737. The number of rotatable bonds is 7. The van der Waals surface area contributed by atoms with E-state index in [1.54, 1.807) is 0 Å². The SMILES string of the molecule is CC(C)(C)CC(C)(C)C(CCC(=O)OO)CC(=O)OO. The Morgan fingerprint density at radius 1 is 1.00 bits per heavy atom. The van der Waals surface area contributed by atoms with Crippen LogP contribution in [0, 0.1) is 16.7 Å². The summed E-state index contributed by atoms with van der Waals surface area (Å²) in [6.07, 6.45) is 1.22. The topological polar surface area (TPSA) is 93.1 Å². The van der Waals surface area contributed by atoms with E-state index in [0.29, 0.717) is 6.42 Å². The second-order valence-electron chi connectivity index (χ2n) is 7.09. The number of carbonyl (C=O) groups is 2. The Hall–Kier alpha value is -1.14. The Labute approximate surface area is 119 Å². The molecule has 0 aromatic rings. The molecule has 0 spiro atoms. The maximum absolute atomic E-state index is 11.3. The van der Waals surface area contributed by atoms with Crippen molar-refractivity contribution in [2.45, 2.75) is 60.3 Å². The molecule has 0 rings (SSSR count). The second-order valence-corrected chi connectivity index (χ2v) is 7.09. The van der Waals surface area contributed by atoms with E-state index >= 15 is 0 Å². The van der Waals surface area contributed by atoms with E-state index in [4.69, 9.17) is 10.5 Å². The summed E-state index contributed by atoms with van der Waals surface area (Å²) < 4.78 is 0. The lowest BCUT2D eigenvalue weighted by atomic mass is 9.66. The average molecular weight is 290 g/mol. The highest BCUT2D eigenvalue weighted by atomic mass is 17.1. The van der Waals surface area contributed by atoms with Gasteiger partial charge in [0.2, 0.25) is 0 Å². The summed E-state index contributed by atoms with van der Waals surface area (Å²) in [5.41, 5.74) is -0.176. The fraction of sp³-hybridized carbons (Fsp3) is 0.857. The summed E-state index contributed by atoms with van der Waals surface area (Å²) in [6, 6.07) is 0. The zero-order valence-electron chi connectivity index (χ0n) is 12.9. The van der Waals surface area contributed by atoms with Gasteiger partial charge in [0, 0.05) is 6.42 Å². The first-order valence-electron chi connectivity index (χ1n) is 6.70. The van der Waals surface area contributed by atoms with Crippen molar-refractivity contribution in [2.24, 2.45) is 16.7 Å². The van der Waals surface area contributed by atoms with Gasteiger partial charge >= 0.3 is 11.9 Å². The van der Waals surface area contributed by atoms with Gasteiger partial charge in [-0.1, -0.05) is 34.6 Å². The first-order chi connectivity index (χ1) is 9.01. The van der Waals surface area contributed by atoms with Crippen molar-refractivity contribution in [3.05, 3.63) is 0 Å². The van der Waals surface area contributed by atoms with E-state index in [9.17, 15) is 9.59 Å². The third kappa shape index (κ3) is 7.45. The lowest BCUT2D eigenvalue weighted by Gasteiger charge is -2.38. The van der Waals surface area contributed by atoms with Gasteiger partial charge in [-0.3, -0.25) is 0 Å². The third-order valence-corrected chi connectivity index (χ3v) is 3.40. The molecule has 6 heteroatoms. The largest absolute Gasteiger partial charge is 0.342 e. The van der Waals surface area contributed by atoms with Crippen molar-refractivity contribution in [2.75, 3.05) is 0 Å². The molecular weight excluding hydrogens is 264 g/mol. The molecule has 0 amide bonds. The minimum Gasteiger partial charge on any atom is -0.301 e. The summed E-state index contributed by atoms with van der Waals surface area (Å²) in [5, 5.41) is 16.7. The summed E-state index contributed by atoms with van der Waals surface area (Å²) in [6.45, 7) is 10.3. The molecule has 0 aliphatic rings. The highest BCUT2D eigenvalue weighted by Gasteiger charge is 2.35. The minimum absolute atomic E-state index is 0.00739. The van der Waals surface area contributed by atoms with Gasteiger partial charge in [0.15, 0.2) is 0 Å². The maximum Gasteiger partial charge on any atom is 0.342 e. The van der Waals surface area contributed by atoms with Crippen LogP contribution >= 0.6 is 0 Å². The zero-order chi connectivity index (χ0) is 16.0. The first-order valence-corrected chi connectivity index (χ1v) is 6.70. The highest BCUT2D eigenvalue weighted by molar-refractivity contribution is 5.70. The van der Waals surface area contributed by atoms with E-state index in [-0.39, 0.29) is 29.6 Å². The summed E-state index contributed by atoms with van der Waals surface area (Å²) >= 11 is 0. The van der Waals surface area contributed by atoms with Gasteiger partial charge in [0.1, 0.15) is 0 Å². The Morgan fingerprint density at radius 3 is 1.90 bits per heavy atom. The lowest BCUT2D eigenvalue weighted by molar-refractivity contribution is -0.237. The molecular formula is C14H26O6. The van der Waals surface area contributed by atoms with Crippen LogP contribution in [-0.2, 0) is 19.4 Å². The molecule has 0 heterocycles. The van der Waals surface area contributed by atoms with Crippen molar-refractivity contribution < 1.29 is 29.9 Å². The van der Waals surface area contributed by atoms with Crippen LogP contribution in [0.25, 0.3) is 0 Å². The normalized spacial score (nSPS) is 13.8. The van der Waals surface area contributed by atoms with Crippen LogP contribution < -0.4 is 0 Å². The molecule has 0 saturated carbocycles. The van der Waals surface area contributed by atoms with Crippen LogP contribution in [0.4, 0.5) is 0 Å². The van der Waals surface area contributed by atoms with Crippen LogP contribution in [-0.4, -0.2) is 22.5 Å². The van der Waals surface area contributed by atoms with E-state index in [1.807, 2.05) is 13.8 Å². The second kappa shape index (κ2) is 7.59. The first kappa shape index (κ1) is 18.9. The Kier molecular flexibility index (Phi) is 7.16. The molecule has 0 bridgehead atoms. The fourth-order valence-corrected chi connectivity index (χ4v) is 2.86. The predicted molar refractivity (Wildman–Crippen MR) is 72.6 cm³/mol. The molecule has 0 aromatic heterocycles. The third-order valence-electron chi connectivity index (χ3n) is 3.40. The smallest absolute Gasteiger partial charge is 0.301 e. The Morgan fingerprint density at radius 2 is 1.50 bits per heavy atom. The highest BCUT2D eigenvalue weighted by Crippen LogP contribution is 2.42. The predicted octanol–water partition coefficient (Wildman–Crippen LogP) is 3.27. The summed E-state index contributed by atoms with van der Waals surface area (Å²) in [7, 11) is 0. The van der Waals surface area contributed by atoms with Crippen molar-refractivity contribution in [3.63, 3.8) is 0 Å². The van der Waals surface area contributed by atoms with Gasteiger partial charge in [0.05, 0.1) is 6.42 Å². The molecule has 0 saturated heterocycles. The monoisotopic (exact) mass is 290 g/mol. The molecule has 6 nitrogen and oxygen atoms in total. The molecule has 0 aromatic carbocycles. The maximum atomic E-state index is 11.3. The van der Waals surface area contributed by atoms with E-state index in [1.165, 1.54) is 0 Å². The van der Waals surface area contributed by atoms with Crippen LogP contribution in [0.1, 0.15) is 60.3 Å². The van der Waals surface area contributed by atoms with Crippen LogP contribution in [0.5, 0.6) is 0 Å². The van der Waals surface area contributed by atoms with Crippen molar-refractivity contribution in [1.29, 1.82) is 0 Å². The number of hydrogen-bond acceptors (Lipinski definition) is 6. The molecule has 118 valence electrons. The molecule has 0 aliphatic carbocycles. The number of hydrogen-bond donors (Lipinski definition) is 2. The molecule has 0 fully saturated rings. The molecule has 1 atom stereocenters. The van der Waals surface area contributed by atoms with Crippen molar-refractivity contribution >= 4 is 11.9 Å². The average Bonchev–Trinajstić information content (AvgIpc) is 2.30. The van der Waals surface area contributed by atoms with Crippen LogP contribution in [0.2, 0.25) is 0 Å². The standard InChI is InChI=1S/C14H26O6/c1-13(2,3)9-14(4,5)10(8-12(16)20-18)6-7-11(15)19-17/h10,17-18H,6-9H2,1-5H3. The lowest BCUT2D eigenvalue weighted by Crippen LogP contribution is -2.31. The van der Waals surface area contributed by atoms with Crippen molar-refractivity contribution in [1.82, 2.24) is 0 Å².